The van der Waals surface area contributed by atoms with Crippen molar-refractivity contribution in [3.8, 4) is 5.75 Å². The van der Waals surface area contributed by atoms with Crippen molar-refractivity contribution < 1.29 is 14.3 Å². The zero-order valence-corrected chi connectivity index (χ0v) is 12.7. The van der Waals surface area contributed by atoms with Crippen LogP contribution in [0.2, 0.25) is 5.02 Å². The topological polar surface area (TPSA) is 54.6 Å². The van der Waals surface area contributed by atoms with Crippen LogP contribution in [0.5, 0.6) is 5.75 Å². The molecule has 1 aromatic carbocycles. The van der Waals surface area contributed by atoms with Crippen molar-refractivity contribution in [1.29, 1.82) is 0 Å². The number of halogens is 1. The predicted octanol–water partition coefficient (Wildman–Crippen LogP) is 2.89. The van der Waals surface area contributed by atoms with Crippen LogP contribution in [0, 0.1) is 0 Å². The average molecular weight is 310 g/mol. The number of rotatable bonds is 8. The minimum atomic E-state index is -0.570. The summed E-state index contributed by atoms with van der Waals surface area (Å²) in [7, 11) is 0. The van der Waals surface area contributed by atoms with Gasteiger partial charge in [0.2, 0.25) is 0 Å². The van der Waals surface area contributed by atoms with Crippen molar-refractivity contribution in [3.05, 3.63) is 53.4 Å². The van der Waals surface area contributed by atoms with Crippen LogP contribution in [0.25, 0.3) is 0 Å². The van der Waals surface area contributed by atoms with Crippen LogP contribution in [0.3, 0.4) is 0 Å². The normalized spacial score (nSPS) is 13.9. The molecule has 1 aromatic heterocycles. The number of aliphatic hydroxyl groups excluding tert-OH is 1. The third-order valence-electron chi connectivity index (χ3n) is 3.05. The SMILES string of the molecule is CC(Cc1ccco1)NCC(O)COc1ccc(Cl)cc1. The molecule has 2 rings (SSSR count). The monoisotopic (exact) mass is 309 g/mol. The summed E-state index contributed by atoms with van der Waals surface area (Å²) in [5, 5.41) is 13.8. The quantitative estimate of drug-likeness (QED) is 0.787. The third kappa shape index (κ3) is 5.79. The van der Waals surface area contributed by atoms with Crippen LogP contribution in [-0.4, -0.2) is 30.4 Å². The molecule has 2 unspecified atom stereocenters. The van der Waals surface area contributed by atoms with E-state index in [-0.39, 0.29) is 12.6 Å². The molecule has 0 spiro atoms. The number of furan rings is 1. The number of hydrogen-bond donors (Lipinski definition) is 2. The van der Waals surface area contributed by atoms with Crippen LogP contribution >= 0.6 is 11.6 Å². The molecule has 0 aliphatic rings. The summed E-state index contributed by atoms with van der Waals surface area (Å²) in [6, 6.07) is 11.1. The van der Waals surface area contributed by atoms with E-state index in [4.69, 9.17) is 20.8 Å². The highest BCUT2D eigenvalue weighted by molar-refractivity contribution is 6.30. The van der Waals surface area contributed by atoms with Crippen molar-refractivity contribution >= 4 is 11.6 Å². The van der Waals surface area contributed by atoms with Crippen molar-refractivity contribution in [2.75, 3.05) is 13.2 Å². The molecule has 5 heteroatoms. The second-order valence-corrected chi connectivity index (χ2v) is 5.45. The van der Waals surface area contributed by atoms with Gasteiger partial charge in [-0.1, -0.05) is 11.6 Å². The fraction of sp³-hybridized carbons (Fsp3) is 0.375. The second kappa shape index (κ2) is 8.08. The third-order valence-corrected chi connectivity index (χ3v) is 3.30. The Labute approximate surface area is 129 Å². The predicted molar refractivity (Wildman–Crippen MR) is 82.8 cm³/mol. The van der Waals surface area contributed by atoms with Gasteiger partial charge in [0, 0.05) is 24.0 Å². The highest BCUT2D eigenvalue weighted by atomic mass is 35.5. The molecular formula is C16H20ClNO3. The van der Waals surface area contributed by atoms with E-state index in [2.05, 4.69) is 12.2 Å². The van der Waals surface area contributed by atoms with Gasteiger partial charge in [-0.3, -0.25) is 0 Å². The van der Waals surface area contributed by atoms with Gasteiger partial charge < -0.3 is 19.6 Å². The van der Waals surface area contributed by atoms with Gasteiger partial charge in [-0.25, -0.2) is 0 Å². The maximum absolute atomic E-state index is 9.90. The molecule has 2 aromatic rings. The molecule has 0 aliphatic heterocycles. The zero-order valence-electron chi connectivity index (χ0n) is 12.0. The molecule has 0 bridgehead atoms. The number of ether oxygens (including phenoxy) is 1. The maximum Gasteiger partial charge on any atom is 0.119 e. The van der Waals surface area contributed by atoms with Gasteiger partial charge in [-0.05, 0) is 43.3 Å². The van der Waals surface area contributed by atoms with Crippen LogP contribution in [0.15, 0.2) is 47.1 Å². The number of aliphatic hydroxyl groups is 1. The number of benzene rings is 1. The van der Waals surface area contributed by atoms with Gasteiger partial charge in [0.25, 0.3) is 0 Å². The van der Waals surface area contributed by atoms with Crippen molar-refractivity contribution in [2.24, 2.45) is 0 Å². The number of nitrogens with one attached hydrogen (secondary N) is 1. The van der Waals surface area contributed by atoms with E-state index < -0.39 is 6.10 Å². The molecule has 0 fully saturated rings. The van der Waals surface area contributed by atoms with E-state index >= 15 is 0 Å². The highest BCUT2D eigenvalue weighted by Gasteiger charge is 2.09. The lowest BCUT2D eigenvalue weighted by Crippen LogP contribution is -2.37. The van der Waals surface area contributed by atoms with Gasteiger partial charge in [-0.15, -0.1) is 0 Å². The molecule has 21 heavy (non-hydrogen) atoms. The molecule has 0 radical (unpaired) electrons. The lowest BCUT2D eigenvalue weighted by molar-refractivity contribution is 0.104. The first-order chi connectivity index (χ1) is 10.1. The number of hydrogen-bond acceptors (Lipinski definition) is 4. The molecule has 0 saturated heterocycles. The highest BCUT2D eigenvalue weighted by Crippen LogP contribution is 2.15. The molecule has 0 amide bonds. The van der Waals surface area contributed by atoms with Gasteiger partial charge in [0.05, 0.1) is 6.26 Å². The summed E-state index contributed by atoms with van der Waals surface area (Å²) in [5.41, 5.74) is 0. The first kappa shape index (κ1) is 15.9. The van der Waals surface area contributed by atoms with Gasteiger partial charge >= 0.3 is 0 Å². The Balaban J connectivity index is 1.65. The van der Waals surface area contributed by atoms with Gasteiger partial charge in [0.15, 0.2) is 0 Å². The van der Waals surface area contributed by atoms with Gasteiger partial charge in [-0.2, -0.15) is 0 Å². The second-order valence-electron chi connectivity index (χ2n) is 5.01. The summed E-state index contributed by atoms with van der Waals surface area (Å²) < 4.78 is 10.8. The Kier molecular flexibility index (Phi) is 6.11. The van der Waals surface area contributed by atoms with Crippen LogP contribution < -0.4 is 10.1 Å². The molecular weight excluding hydrogens is 290 g/mol. The summed E-state index contributed by atoms with van der Waals surface area (Å²) in [5.74, 6) is 1.63. The van der Waals surface area contributed by atoms with Crippen LogP contribution in [0.4, 0.5) is 0 Å². The largest absolute Gasteiger partial charge is 0.491 e. The Bertz CT molecular complexity index is 513. The Morgan fingerprint density at radius 3 is 2.71 bits per heavy atom. The summed E-state index contributed by atoms with van der Waals surface area (Å²) in [4.78, 5) is 0. The Morgan fingerprint density at radius 2 is 2.05 bits per heavy atom. The van der Waals surface area contributed by atoms with Crippen LogP contribution in [-0.2, 0) is 6.42 Å². The van der Waals surface area contributed by atoms with E-state index in [1.54, 1.807) is 30.5 Å². The fourth-order valence-electron chi connectivity index (χ4n) is 1.92. The molecule has 114 valence electrons. The van der Waals surface area contributed by atoms with E-state index in [0.29, 0.717) is 17.3 Å². The molecule has 2 N–H and O–H groups in total. The van der Waals surface area contributed by atoms with Crippen molar-refractivity contribution in [3.63, 3.8) is 0 Å². The standard InChI is InChI=1S/C16H20ClNO3/c1-12(9-16-3-2-8-20-16)18-10-14(19)11-21-15-6-4-13(17)5-7-15/h2-8,12,14,18-19H,9-11H2,1H3. The van der Waals surface area contributed by atoms with E-state index in [9.17, 15) is 5.11 Å². The zero-order chi connectivity index (χ0) is 15.1. The minimum absolute atomic E-state index is 0.223. The molecule has 0 aliphatic carbocycles. The van der Waals surface area contributed by atoms with E-state index in [1.807, 2.05) is 12.1 Å². The lowest BCUT2D eigenvalue weighted by atomic mass is 10.2. The first-order valence-corrected chi connectivity index (χ1v) is 7.33. The molecule has 4 nitrogen and oxygen atoms in total. The molecule has 2 atom stereocenters. The summed E-state index contributed by atoms with van der Waals surface area (Å²) >= 11 is 5.79. The van der Waals surface area contributed by atoms with Gasteiger partial charge in [0.1, 0.15) is 24.2 Å². The van der Waals surface area contributed by atoms with E-state index in [0.717, 1.165) is 12.2 Å². The molecule has 0 saturated carbocycles. The maximum atomic E-state index is 9.90. The van der Waals surface area contributed by atoms with Crippen molar-refractivity contribution in [1.82, 2.24) is 5.32 Å². The lowest BCUT2D eigenvalue weighted by Gasteiger charge is -2.17. The average Bonchev–Trinajstić information content (AvgIpc) is 2.97. The Morgan fingerprint density at radius 1 is 1.29 bits per heavy atom. The first-order valence-electron chi connectivity index (χ1n) is 6.95. The fourth-order valence-corrected chi connectivity index (χ4v) is 2.05. The smallest absolute Gasteiger partial charge is 0.119 e. The summed E-state index contributed by atoms with van der Waals surface area (Å²) in [6.07, 6.45) is 1.88. The Hall–Kier alpha value is -1.49. The van der Waals surface area contributed by atoms with Crippen molar-refractivity contribution in [2.45, 2.75) is 25.5 Å². The molecule has 1 heterocycles. The minimum Gasteiger partial charge on any atom is -0.491 e. The van der Waals surface area contributed by atoms with Crippen LogP contribution in [0.1, 0.15) is 12.7 Å². The summed E-state index contributed by atoms with van der Waals surface area (Å²) in [6.45, 7) is 2.76. The van der Waals surface area contributed by atoms with E-state index in [1.165, 1.54) is 0 Å².